The third-order valence-electron chi connectivity index (χ3n) is 6.54. The van der Waals surface area contributed by atoms with E-state index >= 15 is 0 Å². The van der Waals surface area contributed by atoms with Crippen LogP contribution < -0.4 is 9.47 Å². The largest absolute Gasteiger partial charge is 0.493 e. The third kappa shape index (κ3) is 5.06. The number of nitrogens with zero attached hydrogens (tertiary/aromatic N) is 4. The van der Waals surface area contributed by atoms with Gasteiger partial charge in [0.1, 0.15) is 0 Å². The summed E-state index contributed by atoms with van der Waals surface area (Å²) in [4.78, 5) is 22.1. The maximum absolute atomic E-state index is 13.2. The van der Waals surface area contributed by atoms with Crippen LogP contribution in [0, 0.1) is 11.3 Å². The van der Waals surface area contributed by atoms with Crippen molar-refractivity contribution < 1.29 is 18.8 Å². The minimum atomic E-state index is 0.0471. The van der Waals surface area contributed by atoms with E-state index in [2.05, 4.69) is 33.8 Å². The summed E-state index contributed by atoms with van der Waals surface area (Å²) < 4.78 is 16.2. The second kappa shape index (κ2) is 9.48. The zero-order chi connectivity index (χ0) is 22.7. The van der Waals surface area contributed by atoms with Gasteiger partial charge in [0.05, 0.1) is 26.7 Å². The van der Waals surface area contributed by atoms with E-state index in [1.54, 1.807) is 14.2 Å². The van der Waals surface area contributed by atoms with Gasteiger partial charge in [-0.05, 0) is 55.8 Å². The summed E-state index contributed by atoms with van der Waals surface area (Å²) in [6.07, 6.45) is 4.24. The second-order valence-corrected chi connectivity index (χ2v) is 9.68. The average molecular weight is 443 g/mol. The van der Waals surface area contributed by atoms with Gasteiger partial charge < -0.3 is 18.9 Å². The Kier molecular flexibility index (Phi) is 6.69. The predicted molar refractivity (Wildman–Crippen MR) is 120 cm³/mol. The normalized spacial score (nSPS) is 21.4. The molecule has 2 saturated heterocycles. The second-order valence-electron chi connectivity index (χ2n) is 9.68. The quantitative estimate of drug-likeness (QED) is 0.676. The van der Waals surface area contributed by atoms with Crippen LogP contribution in [0.25, 0.3) is 11.4 Å². The van der Waals surface area contributed by atoms with E-state index in [1.165, 1.54) is 6.42 Å². The fourth-order valence-electron chi connectivity index (χ4n) is 4.87. The van der Waals surface area contributed by atoms with Crippen molar-refractivity contribution in [2.24, 2.45) is 11.3 Å². The minimum Gasteiger partial charge on any atom is -0.493 e. The number of hydrogen-bond acceptors (Lipinski definition) is 7. The number of ether oxygens (including phenoxy) is 2. The lowest BCUT2D eigenvalue weighted by Crippen LogP contribution is -2.49. The number of carbonyl (C=O) groups is 1. The Hall–Kier alpha value is -2.61. The highest BCUT2D eigenvalue weighted by molar-refractivity contribution is 5.79. The average Bonchev–Trinajstić information content (AvgIpc) is 3.26. The molecule has 0 bridgehead atoms. The summed E-state index contributed by atoms with van der Waals surface area (Å²) in [5, 5.41) is 4.14. The lowest BCUT2D eigenvalue weighted by Gasteiger charge is -2.41. The maximum atomic E-state index is 13.2. The number of benzene rings is 1. The summed E-state index contributed by atoms with van der Waals surface area (Å²) in [7, 11) is 3.20. The zero-order valence-corrected chi connectivity index (χ0v) is 19.6. The molecular weight excluding hydrogens is 408 g/mol. The first kappa shape index (κ1) is 22.6. The van der Waals surface area contributed by atoms with Crippen molar-refractivity contribution >= 4 is 5.91 Å². The summed E-state index contributed by atoms with van der Waals surface area (Å²) in [6, 6.07) is 5.54. The van der Waals surface area contributed by atoms with Gasteiger partial charge in [0, 0.05) is 25.2 Å². The Bertz CT molecular complexity index is 942. The highest BCUT2D eigenvalue weighted by atomic mass is 16.5. The van der Waals surface area contributed by atoms with Crippen LogP contribution in [-0.4, -0.2) is 66.2 Å². The molecule has 2 aliphatic rings. The topological polar surface area (TPSA) is 80.9 Å². The molecule has 0 aliphatic carbocycles. The molecule has 2 aliphatic heterocycles. The first-order valence-electron chi connectivity index (χ1n) is 11.4. The van der Waals surface area contributed by atoms with Crippen LogP contribution in [0.4, 0.5) is 0 Å². The molecule has 0 saturated carbocycles. The van der Waals surface area contributed by atoms with Gasteiger partial charge in [-0.25, -0.2) is 0 Å². The molecule has 1 amide bonds. The van der Waals surface area contributed by atoms with Crippen LogP contribution in [0.5, 0.6) is 11.5 Å². The van der Waals surface area contributed by atoms with E-state index in [9.17, 15) is 4.79 Å². The van der Waals surface area contributed by atoms with Gasteiger partial charge >= 0.3 is 0 Å². The van der Waals surface area contributed by atoms with Crippen LogP contribution in [0.2, 0.25) is 0 Å². The third-order valence-corrected chi connectivity index (χ3v) is 6.54. The summed E-state index contributed by atoms with van der Waals surface area (Å²) in [6.45, 7) is 8.48. The Balaban J connectivity index is 1.39. The van der Waals surface area contributed by atoms with E-state index < -0.39 is 0 Å². The smallest absolute Gasteiger partial charge is 0.241 e. The molecule has 8 heteroatoms. The Morgan fingerprint density at radius 1 is 1.19 bits per heavy atom. The molecule has 1 atom stereocenters. The molecule has 0 N–H and O–H groups in total. The monoisotopic (exact) mass is 442 g/mol. The van der Waals surface area contributed by atoms with Crippen molar-refractivity contribution in [3.05, 3.63) is 24.1 Å². The highest BCUT2D eigenvalue weighted by Crippen LogP contribution is 2.32. The lowest BCUT2D eigenvalue weighted by molar-refractivity contribution is -0.140. The standard InChI is InChI=1S/C24H34N4O4/c1-24(2)10-6-12-28(16-24)23(29)18-7-5-11-27(14-18)15-21-25-22(26-32-21)17-8-9-19(30-3)20(13-17)31-4/h8-9,13,18H,5-7,10-12,14-16H2,1-4H3. The molecule has 0 spiro atoms. The van der Waals surface area contributed by atoms with Gasteiger partial charge in [-0.3, -0.25) is 9.69 Å². The summed E-state index contributed by atoms with van der Waals surface area (Å²) in [5.74, 6) is 2.70. The van der Waals surface area contributed by atoms with Gasteiger partial charge in [0.2, 0.25) is 17.6 Å². The van der Waals surface area contributed by atoms with Crippen LogP contribution >= 0.6 is 0 Å². The zero-order valence-electron chi connectivity index (χ0n) is 19.6. The number of rotatable bonds is 6. The molecule has 32 heavy (non-hydrogen) atoms. The van der Waals surface area contributed by atoms with Crippen LogP contribution in [0.15, 0.2) is 22.7 Å². The Labute approximate surface area is 189 Å². The number of amides is 1. The Morgan fingerprint density at radius 3 is 2.75 bits per heavy atom. The SMILES string of the molecule is COc1ccc(-c2noc(CN3CCCC(C(=O)N4CCCC(C)(C)C4)C3)n2)cc1OC. The van der Waals surface area contributed by atoms with E-state index in [-0.39, 0.29) is 11.3 Å². The van der Waals surface area contributed by atoms with Crippen LogP contribution in [0.1, 0.15) is 45.4 Å². The molecular formula is C24H34N4O4. The van der Waals surface area contributed by atoms with E-state index in [0.717, 1.165) is 51.0 Å². The van der Waals surface area contributed by atoms with Crippen LogP contribution in [-0.2, 0) is 11.3 Å². The first-order chi connectivity index (χ1) is 15.4. The molecule has 1 aromatic carbocycles. The van der Waals surface area contributed by atoms with Gasteiger partial charge in [-0.2, -0.15) is 4.98 Å². The fraction of sp³-hybridized carbons (Fsp3) is 0.625. The van der Waals surface area contributed by atoms with Gasteiger partial charge in [0.25, 0.3) is 0 Å². The van der Waals surface area contributed by atoms with Crippen LogP contribution in [0.3, 0.4) is 0 Å². The van der Waals surface area contributed by atoms with E-state index in [4.69, 9.17) is 14.0 Å². The van der Waals surface area contributed by atoms with Crippen molar-refractivity contribution in [2.45, 2.75) is 46.1 Å². The number of carbonyl (C=O) groups excluding carboxylic acids is 1. The summed E-state index contributed by atoms with van der Waals surface area (Å²) in [5.41, 5.74) is 1.02. The molecule has 3 heterocycles. The molecule has 1 aromatic heterocycles. The number of methoxy groups -OCH3 is 2. The number of aromatic nitrogens is 2. The highest BCUT2D eigenvalue weighted by Gasteiger charge is 2.34. The van der Waals surface area contributed by atoms with Gasteiger partial charge in [0.15, 0.2) is 11.5 Å². The van der Waals surface area contributed by atoms with E-state index in [1.807, 2.05) is 18.2 Å². The van der Waals surface area contributed by atoms with Gasteiger partial charge in [-0.1, -0.05) is 19.0 Å². The molecule has 2 fully saturated rings. The van der Waals surface area contributed by atoms with Crippen molar-refractivity contribution in [3.8, 4) is 22.9 Å². The molecule has 2 aromatic rings. The number of likely N-dealkylation sites (tertiary alicyclic amines) is 2. The maximum Gasteiger partial charge on any atom is 0.241 e. The molecule has 0 radical (unpaired) electrons. The minimum absolute atomic E-state index is 0.0471. The molecule has 4 rings (SSSR count). The number of hydrogen-bond donors (Lipinski definition) is 0. The van der Waals surface area contributed by atoms with E-state index in [0.29, 0.717) is 35.7 Å². The van der Waals surface area contributed by atoms with Gasteiger partial charge in [-0.15, -0.1) is 0 Å². The number of piperidine rings is 2. The summed E-state index contributed by atoms with van der Waals surface area (Å²) >= 11 is 0. The van der Waals surface area contributed by atoms with Crippen molar-refractivity contribution in [2.75, 3.05) is 40.4 Å². The Morgan fingerprint density at radius 2 is 2.00 bits per heavy atom. The van der Waals surface area contributed by atoms with Crippen molar-refractivity contribution in [1.82, 2.24) is 19.9 Å². The van der Waals surface area contributed by atoms with Crippen molar-refractivity contribution in [1.29, 1.82) is 0 Å². The molecule has 1 unspecified atom stereocenters. The first-order valence-corrected chi connectivity index (χ1v) is 11.4. The van der Waals surface area contributed by atoms with Crippen molar-refractivity contribution in [3.63, 3.8) is 0 Å². The molecule has 8 nitrogen and oxygen atoms in total. The lowest BCUT2D eigenvalue weighted by atomic mass is 9.83. The molecule has 174 valence electrons. The predicted octanol–water partition coefficient (Wildman–Crippen LogP) is 3.61. The fourth-order valence-corrected chi connectivity index (χ4v) is 4.87.